The molecule has 8 aromatic carbocycles. The first kappa shape index (κ1) is 30.4. The zero-order valence-corrected chi connectivity index (χ0v) is 29.7. The van der Waals surface area contributed by atoms with E-state index in [0.717, 1.165) is 82.3 Å². The van der Waals surface area contributed by atoms with Crippen LogP contribution in [0.4, 0.5) is 5.69 Å². The Bertz CT molecular complexity index is 3640. The van der Waals surface area contributed by atoms with Crippen LogP contribution >= 0.6 is 0 Å². The van der Waals surface area contributed by atoms with Crippen LogP contribution in [0.15, 0.2) is 168 Å². The van der Waals surface area contributed by atoms with Crippen molar-refractivity contribution in [2.24, 2.45) is 0 Å². The average Bonchev–Trinajstić information content (AvgIpc) is 3.99. The fourth-order valence-corrected chi connectivity index (χ4v) is 9.16. The van der Waals surface area contributed by atoms with Gasteiger partial charge in [-0.2, -0.15) is 5.26 Å². The number of para-hydroxylation sites is 5. The summed E-state index contributed by atoms with van der Waals surface area (Å²) in [6.07, 6.45) is 0. The average molecular weight is 714 g/mol. The Balaban J connectivity index is 1.19. The normalized spacial score (nSPS) is 11.9. The van der Waals surface area contributed by atoms with Crippen molar-refractivity contribution in [1.82, 2.24) is 13.7 Å². The van der Waals surface area contributed by atoms with E-state index in [4.69, 9.17) is 11.0 Å². The Morgan fingerprint density at radius 3 is 1.59 bits per heavy atom. The second-order valence-corrected chi connectivity index (χ2v) is 14.3. The second kappa shape index (κ2) is 11.2. The highest BCUT2D eigenvalue weighted by atomic mass is 16.3. The van der Waals surface area contributed by atoms with Crippen molar-refractivity contribution in [1.29, 1.82) is 5.26 Å². The molecular weight excluding hydrogens is 687 g/mol. The second-order valence-electron chi connectivity index (χ2n) is 14.3. The lowest BCUT2D eigenvalue weighted by atomic mass is 10.1. The first-order valence-electron chi connectivity index (χ1n) is 18.5. The van der Waals surface area contributed by atoms with Crippen molar-refractivity contribution in [3.8, 4) is 23.1 Å². The number of aromatic nitrogens is 3. The molecule has 0 aliphatic rings. The van der Waals surface area contributed by atoms with Gasteiger partial charge in [-0.3, -0.25) is 0 Å². The van der Waals surface area contributed by atoms with Gasteiger partial charge < -0.3 is 18.1 Å². The molecule has 0 N–H and O–H groups in total. The van der Waals surface area contributed by atoms with Crippen LogP contribution in [0.3, 0.4) is 0 Å². The van der Waals surface area contributed by atoms with Gasteiger partial charge in [-0.15, -0.1) is 0 Å². The van der Waals surface area contributed by atoms with Crippen LogP contribution in [0.5, 0.6) is 0 Å². The molecule has 4 aromatic heterocycles. The van der Waals surface area contributed by atoms with Crippen molar-refractivity contribution in [3.05, 3.63) is 181 Å². The monoisotopic (exact) mass is 713 g/mol. The highest BCUT2D eigenvalue weighted by Crippen LogP contribution is 2.44. The lowest BCUT2D eigenvalue weighted by molar-refractivity contribution is 0.673. The molecule has 4 heterocycles. The van der Waals surface area contributed by atoms with Crippen molar-refractivity contribution in [2.75, 3.05) is 0 Å². The molecule has 0 spiro atoms. The summed E-state index contributed by atoms with van der Waals surface area (Å²) in [4.78, 5) is 4.12. The minimum absolute atomic E-state index is 0.451. The number of benzene rings is 8. The van der Waals surface area contributed by atoms with Crippen LogP contribution in [-0.2, 0) is 0 Å². The largest absolute Gasteiger partial charge is 0.455 e. The number of fused-ring (bicyclic) bond motifs is 13. The summed E-state index contributed by atoms with van der Waals surface area (Å²) >= 11 is 0. The van der Waals surface area contributed by atoms with Gasteiger partial charge in [0, 0.05) is 43.4 Å². The molecule has 0 aliphatic heterocycles. The zero-order valence-electron chi connectivity index (χ0n) is 29.7. The maximum Gasteiger partial charge on any atom is 0.212 e. The summed E-state index contributed by atoms with van der Waals surface area (Å²) in [5.74, 6) is 0. The number of nitriles is 1. The van der Waals surface area contributed by atoms with E-state index in [2.05, 4.69) is 134 Å². The quantitative estimate of drug-likeness (QED) is 0.171. The smallest absolute Gasteiger partial charge is 0.212 e. The summed E-state index contributed by atoms with van der Waals surface area (Å²) < 4.78 is 13.3. The van der Waals surface area contributed by atoms with Gasteiger partial charge in [0.2, 0.25) is 5.69 Å². The molecule has 6 nitrogen and oxygen atoms in total. The van der Waals surface area contributed by atoms with E-state index < -0.39 is 0 Å². The molecule has 0 unspecified atom stereocenters. The summed E-state index contributed by atoms with van der Waals surface area (Å²) in [5, 5.41) is 19.5. The maximum absolute atomic E-state index is 10.9. The predicted octanol–water partition coefficient (Wildman–Crippen LogP) is 13.3. The third-order valence-electron chi connectivity index (χ3n) is 11.5. The first-order chi connectivity index (χ1) is 27.7. The Hall–Kier alpha value is -8.06. The fraction of sp³-hybridized carbons (Fsp3) is 0. The standard InChI is InChI=1S/C50H27N5O/c1-52-39-28-46(30(29-51)26-47(39)54-42-19-9-4-14-34(42)35-15-5-10-20-43(35)54)55-44-24-22-31(53-40-17-7-2-12-32(40)33-13-3-8-18-41(33)53)27-38(44)49-45(55)25-23-37-36-16-6-11-21-48(36)56-50(37)49/h2-28H. The Labute approximate surface area is 319 Å². The molecule has 0 atom stereocenters. The third-order valence-corrected chi connectivity index (χ3v) is 11.5. The van der Waals surface area contributed by atoms with Gasteiger partial charge in [0.05, 0.1) is 62.0 Å². The Kier molecular flexibility index (Phi) is 6.10. The van der Waals surface area contributed by atoms with Gasteiger partial charge in [0.1, 0.15) is 17.2 Å². The number of rotatable bonds is 3. The van der Waals surface area contributed by atoms with Gasteiger partial charge in [0.25, 0.3) is 0 Å². The van der Waals surface area contributed by atoms with E-state index >= 15 is 0 Å². The predicted molar refractivity (Wildman–Crippen MR) is 228 cm³/mol. The minimum Gasteiger partial charge on any atom is -0.455 e. The zero-order chi connectivity index (χ0) is 37.1. The van der Waals surface area contributed by atoms with E-state index in [1.54, 1.807) is 0 Å². The van der Waals surface area contributed by atoms with Gasteiger partial charge in [-0.1, -0.05) is 91.0 Å². The molecule has 0 fully saturated rings. The molecule has 6 heteroatoms. The molecule has 0 bridgehead atoms. The molecule has 0 amide bonds. The summed E-state index contributed by atoms with van der Waals surface area (Å²) in [7, 11) is 0. The summed E-state index contributed by atoms with van der Waals surface area (Å²) in [6.45, 7) is 8.49. The van der Waals surface area contributed by atoms with E-state index in [1.807, 2.05) is 54.6 Å². The van der Waals surface area contributed by atoms with Crippen LogP contribution < -0.4 is 0 Å². The highest BCUT2D eigenvalue weighted by Gasteiger charge is 2.24. The molecular formula is C50H27N5O. The lowest BCUT2D eigenvalue weighted by Gasteiger charge is -2.16. The lowest BCUT2D eigenvalue weighted by Crippen LogP contribution is -2.01. The van der Waals surface area contributed by atoms with E-state index in [1.165, 1.54) is 10.8 Å². The molecule has 12 aromatic rings. The number of furan rings is 1. The van der Waals surface area contributed by atoms with Gasteiger partial charge in [-0.25, -0.2) is 4.85 Å². The van der Waals surface area contributed by atoms with Crippen LogP contribution in [0.2, 0.25) is 0 Å². The third kappa shape index (κ3) is 3.97. The topological polar surface area (TPSA) is 56.1 Å². The number of nitrogens with zero attached hydrogens (tertiary/aromatic N) is 5. The van der Waals surface area contributed by atoms with Crippen molar-refractivity contribution in [2.45, 2.75) is 0 Å². The molecule has 0 aliphatic carbocycles. The SMILES string of the molecule is [C-]#[N+]c1cc(-n2c3ccc(-n4c5ccccc5c5ccccc54)cc3c3c4oc5ccccc5c4ccc32)c(C#N)cc1-n1c2ccccc2c2ccccc21. The van der Waals surface area contributed by atoms with Crippen LogP contribution in [0.25, 0.3) is 109 Å². The van der Waals surface area contributed by atoms with Gasteiger partial charge in [0.15, 0.2) is 0 Å². The van der Waals surface area contributed by atoms with E-state index in [-0.39, 0.29) is 0 Å². The first-order valence-corrected chi connectivity index (χ1v) is 18.5. The molecule has 0 radical (unpaired) electrons. The fourth-order valence-electron chi connectivity index (χ4n) is 9.16. The van der Waals surface area contributed by atoms with Crippen molar-refractivity contribution < 1.29 is 4.42 Å². The maximum atomic E-state index is 10.9. The van der Waals surface area contributed by atoms with E-state index in [0.29, 0.717) is 22.6 Å². The minimum atomic E-state index is 0.451. The number of hydrogen-bond acceptors (Lipinski definition) is 2. The summed E-state index contributed by atoms with van der Waals surface area (Å²) in [5.41, 5.74) is 10.9. The van der Waals surface area contributed by atoms with Gasteiger partial charge >= 0.3 is 0 Å². The van der Waals surface area contributed by atoms with Crippen LogP contribution in [0.1, 0.15) is 5.56 Å². The van der Waals surface area contributed by atoms with Crippen LogP contribution in [0, 0.1) is 17.9 Å². The summed E-state index contributed by atoms with van der Waals surface area (Å²) in [6, 6.07) is 58.7. The molecule has 12 rings (SSSR count). The number of hydrogen-bond donors (Lipinski definition) is 0. The van der Waals surface area contributed by atoms with E-state index in [9.17, 15) is 5.26 Å². The van der Waals surface area contributed by atoms with Crippen molar-refractivity contribution >= 4 is 93.0 Å². The molecule has 0 saturated carbocycles. The van der Waals surface area contributed by atoms with Crippen LogP contribution in [-0.4, -0.2) is 13.7 Å². The highest BCUT2D eigenvalue weighted by molar-refractivity contribution is 6.24. The molecule has 56 heavy (non-hydrogen) atoms. The Morgan fingerprint density at radius 1 is 0.464 bits per heavy atom. The Morgan fingerprint density at radius 2 is 0.982 bits per heavy atom. The van der Waals surface area contributed by atoms with Crippen molar-refractivity contribution in [3.63, 3.8) is 0 Å². The van der Waals surface area contributed by atoms with Gasteiger partial charge in [-0.05, 0) is 72.8 Å². The molecule has 258 valence electrons. The molecule has 0 saturated heterocycles.